The first kappa shape index (κ1) is 26.5. The zero-order valence-corrected chi connectivity index (χ0v) is 18.3. The number of ketones is 1. The maximum atomic E-state index is 13.3. The number of rotatable bonds is 6. The molecular weight excluding hydrogens is 432 g/mol. The minimum atomic E-state index is -4.61. The lowest BCUT2D eigenvalue weighted by atomic mass is 10.1. The summed E-state index contributed by atoms with van der Waals surface area (Å²) in [5.74, 6) is -6.02. The van der Waals surface area contributed by atoms with E-state index in [1.54, 1.807) is 6.07 Å². The molecule has 1 aromatic rings. The number of carbonyl (C=O) groups is 3. The molecule has 1 heterocycles. The first-order valence-electron chi connectivity index (χ1n) is 9.24. The molecule has 0 aliphatic rings. The van der Waals surface area contributed by atoms with Crippen LogP contribution in [0.15, 0.2) is 28.2 Å². The highest BCUT2D eigenvalue weighted by atomic mass is 19.4. The molecule has 1 N–H and O–H groups in total. The zero-order chi connectivity index (χ0) is 25.0. The molecule has 0 radical (unpaired) electrons. The Morgan fingerprint density at radius 2 is 1.78 bits per heavy atom. The fraction of sp³-hybridized carbons (Fsp3) is 0.381. The number of Topliss-reactive ketones (excluding diaryl/α,β-unsaturated/α-hetero) is 1. The Kier molecular flexibility index (Phi) is 8.42. The van der Waals surface area contributed by atoms with Crippen LogP contribution in [0.5, 0.6) is 0 Å². The number of aromatic nitrogens is 1. The standard InChI is InChI=1S/C21H22F4N4O3/c1-10(21(23,24)25)9-27-20(32)18(30)17-12(3)16(14(5)29(17)6)19(31)28-11(2)7-15(8-26)13(4)22/h7,9-10H,1-6H3,(H,28,31)/b11-7+,15-13-,27-9?. The number of aliphatic imine (C=N–C) groups is 1. The summed E-state index contributed by atoms with van der Waals surface area (Å²) in [5, 5.41) is 11.4. The molecule has 0 fully saturated rings. The fourth-order valence-corrected chi connectivity index (χ4v) is 2.76. The van der Waals surface area contributed by atoms with E-state index in [9.17, 15) is 31.9 Å². The van der Waals surface area contributed by atoms with Gasteiger partial charge < -0.3 is 9.88 Å². The second-order valence-electron chi connectivity index (χ2n) is 7.08. The van der Waals surface area contributed by atoms with Crippen molar-refractivity contribution in [1.29, 1.82) is 5.26 Å². The molecule has 0 bridgehead atoms. The molecule has 11 heteroatoms. The molecule has 0 saturated carbocycles. The number of alkyl halides is 3. The predicted molar refractivity (Wildman–Crippen MR) is 109 cm³/mol. The highest BCUT2D eigenvalue weighted by Gasteiger charge is 2.35. The van der Waals surface area contributed by atoms with Crippen LogP contribution in [0.25, 0.3) is 0 Å². The number of hydrogen-bond acceptors (Lipinski definition) is 4. The van der Waals surface area contributed by atoms with Gasteiger partial charge in [0, 0.05) is 24.7 Å². The summed E-state index contributed by atoms with van der Waals surface area (Å²) in [7, 11) is 1.41. The maximum absolute atomic E-state index is 13.3. The third-order valence-corrected chi connectivity index (χ3v) is 4.66. The Morgan fingerprint density at radius 1 is 1.22 bits per heavy atom. The van der Waals surface area contributed by atoms with E-state index in [2.05, 4.69) is 10.3 Å². The van der Waals surface area contributed by atoms with E-state index in [1.807, 2.05) is 0 Å². The lowest BCUT2D eigenvalue weighted by Gasteiger charge is -2.09. The van der Waals surface area contributed by atoms with E-state index in [4.69, 9.17) is 5.26 Å². The van der Waals surface area contributed by atoms with Crippen LogP contribution in [0.4, 0.5) is 17.6 Å². The van der Waals surface area contributed by atoms with Crippen molar-refractivity contribution in [2.75, 3.05) is 0 Å². The van der Waals surface area contributed by atoms with Gasteiger partial charge in [-0.2, -0.15) is 18.4 Å². The number of nitriles is 1. The molecule has 2 amide bonds. The van der Waals surface area contributed by atoms with E-state index in [1.165, 1.54) is 32.4 Å². The van der Waals surface area contributed by atoms with Crippen molar-refractivity contribution >= 4 is 23.8 Å². The molecule has 1 atom stereocenters. The van der Waals surface area contributed by atoms with Gasteiger partial charge in [-0.05, 0) is 46.3 Å². The van der Waals surface area contributed by atoms with Crippen molar-refractivity contribution in [2.45, 2.75) is 40.8 Å². The second-order valence-corrected chi connectivity index (χ2v) is 7.08. The topological polar surface area (TPSA) is 104 Å². The van der Waals surface area contributed by atoms with E-state index < -0.39 is 35.5 Å². The number of nitrogens with zero attached hydrogens (tertiary/aromatic N) is 3. The van der Waals surface area contributed by atoms with Crippen LogP contribution in [0.2, 0.25) is 0 Å². The van der Waals surface area contributed by atoms with Crippen molar-refractivity contribution in [3.63, 3.8) is 0 Å². The van der Waals surface area contributed by atoms with Gasteiger partial charge >= 0.3 is 12.1 Å². The number of amides is 2. The molecule has 7 nitrogen and oxygen atoms in total. The van der Waals surface area contributed by atoms with Gasteiger partial charge in [-0.1, -0.05) is 0 Å². The summed E-state index contributed by atoms with van der Waals surface area (Å²) in [5.41, 5.74) is 0.133. The van der Waals surface area contributed by atoms with Crippen molar-refractivity contribution in [2.24, 2.45) is 18.0 Å². The molecule has 0 aliphatic carbocycles. The summed E-state index contributed by atoms with van der Waals surface area (Å²) in [4.78, 5) is 40.4. The molecule has 32 heavy (non-hydrogen) atoms. The summed E-state index contributed by atoms with van der Waals surface area (Å²) in [6.45, 7) is 6.20. The number of carbonyl (C=O) groups excluding carboxylic acids is 3. The van der Waals surface area contributed by atoms with Crippen LogP contribution in [-0.4, -0.2) is 34.6 Å². The summed E-state index contributed by atoms with van der Waals surface area (Å²) >= 11 is 0. The number of hydrogen-bond donors (Lipinski definition) is 1. The lowest BCUT2D eigenvalue weighted by molar-refractivity contribution is -0.149. The van der Waals surface area contributed by atoms with Gasteiger partial charge in [0.25, 0.3) is 11.7 Å². The normalized spacial score (nSPS) is 14.1. The summed E-state index contributed by atoms with van der Waals surface area (Å²) < 4.78 is 52.2. The quantitative estimate of drug-likeness (QED) is 0.175. The Bertz CT molecular complexity index is 1080. The first-order valence-corrected chi connectivity index (χ1v) is 9.24. The van der Waals surface area contributed by atoms with Gasteiger partial charge in [-0.3, -0.25) is 14.4 Å². The lowest BCUT2D eigenvalue weighted by Crippen LogP contribution is -2.23. The highest BCUT2D eigenvalue weighted by molar-refractivity contribution is 6.44. The van der Waals surface area contributed by atoms with Crippen molar-refractivity contribution in [1.82, 2.24) is 9.88 Å². The largest absolute Gasteiger partial charge is 0.396 e. The molecular formula is C21H22F4N4O3. The average molecular weight is 454 g/mol. The average Bonchev–Trinajstić information content (AvgIpc) is 2.90. The van der Waals surface area contributed by atoms with E-state index in [-0.39, 0.29) is 28.1 Å². The highest BCUT2D eigenvalue weighted by Crippen LogP contribution is 2.25. The third-order valence-electron chi connectivity index (χ3n) is 4.66. The van der Waals surface area contributed by atoms with Gasteiger partial charge in [0.1, 0.15) is 11.9 Å². The molecule has 0 aromatic carbocycles. The minimum absolute atomic E-state index is 0.0449. The smallest absolute Gasteiger partial charge is 0.344 e. The molecule has 1 unspecified atom stereocenters. The Balaban J connectivity index is 3.26. The SMILES string of the molecule is C/C(F)=C(C#N)\C=C(/C)NC(=O)c1c(C)c(C(=O)C(=O)N=CC(C)C(F)(F)F)n(C)c1C. The maximum Gasteiger partial charge on any atom is 0.396 e. The van der Waals surface area contributed by atoms with Crippen LogP contribution in [0.3, 0.4) is 0 Å². The third kappa shape index (κ3) is 6.00. The molecule has 1 aromatic heterocycles. The van der Waals surface area contributed by atoms with Gasteiger partial charge in [0.2, 0.25) is 0 Å². The van der Waals surface area contributed by atoms with Gasteiger partial charge in [-0.25, -0.2) is 9.38 Å². The van der Waals surface area contributed by atoms with E-state index >= 15 is 0 Å². The fourth-order valence-electron chi connectivity index (χ4n) is 2.76. The molecule has 0 saturated heterocycles. The van der Waals surface area contributed by atoms with E-state index in [0.29, 0.717) is 11.9 Å². The molecule has 1 rings (SSSR count). The minimum Gasteiger partial charge on any atom is -0.344 e. The summed E-state index contributed by atoms with van der Waals surface area (Å²) in [6, 6.07) is 1.64. The van der Waals surface area contributed by atoms with Gasteiger partial charge in [0.05, 0.1) is 22.7 Å². The van der Waals surface area contributed by atoms with Gasteiger partial charge in [-0.15, -0.1) is 0 Å². The van der Waals surface area contributed by atoms with Gasteiger partial charge in [0.15, 0.2) is 0 Å². The zero-order valence-electron chi connectivity index (χ0n) is 18.3. The number of halogens is 4. The molecule has 172 valence electrons. The predicted octanol–water partition coefficient (Wildman–Crippen LogP) is 4.02. The van der Waals surface area contributed by atoms with Crippen molar-refractivity contribution < 1.29 is 31.9 Å². The van der Waals surface area contributed by atoms with Crippen LogP contribution in [0.1, 0.15) is 52.9 Å². The number of allylic oxidation sites excluding steroid dienone is 4. The van der Waals surface area contributed by atoms with E-state index in [0.717, 1.165) is 19.9 Å². The van der Waals surface area contributed by atoms with Crippen molar-refractivity contribution in [3.05, 3.63) is 45.7 Å². The van der Waals surface area contributed by atoms with Crippen LogP contribution >= 0.6 is 0 Å². The Labute approximate surface area is 182 Å². The molecule has 0 aliphatic heterocycles. The Morgan fingerprint density at radius 3 is 2.25 bits per heavy atom. The van der Waals surface area contributed by atoms with Crippen molar-refractivity contribution in [3.8, 4) is 6.07 Å². The second kappa shape index (κ2) is 10.2. The van der Waals surface area contributed by atoms with Crippen LogP contribution in [0, 0.1) is 31.1 Å². The van der Waals surface area contributed by atoms with Crippen LogP contribution < -0.4 is 5.32 Å². The molecule has 0 spiro atoms. The Hall–Kier alpha value is -3.55. The summed E-state index contributed by atoms with van der Waals surface area (Å²) in [6.07, 6.45) is -3.13. The number of nitrogens with one attached hydrogen (secondary N) is 1. The van der Waals surface area contributed by atoms with Crippen LogP contribution in [-0.2, 0) is 11.8 Å². The first-order chi connectivity index (χ1) is 14.6. The monoisotopic (exact) mass is 454 g/mol.